The van der Waals surface area contributed by atoms with Crippen LogP contribution >= 0.6 is 0 Å². The van der Waals surface area contributed by atoms with E-state index >= 15 is 0 Å². The molecule has 1 saturated heterocycles. The number of likely N-dealkylation sites (N-methyl/N-ethyl adjacent to an activating group) is 1. The first-order valence-electron chi connectivity index (χ1n) is 5.22. The van der Waals surface area contributed by atoms with Gasteiger partial charge in [0.2, 0.25) is 0 Å². The fourth-order valence-corrected chi connectivity index (χ4v) is 2.89. The minimum atomic E-state index is 0.738. The van der Waals surface area contributed by atoms with E-state index in [1.165, 1.54) is 32.4 Å². The Hall–Kier alpha value is -0.0800. The summed E-state index contributed by atoms with van der Waals surface area (Å²) < 4.78 is 0. The molecule has 1 aliphatic carbocycles. The SMILES string of the molecule is CC1NCCN(C)C2CCCC12. The van der Waals surface area contributed by atoms with Gasteiger partial charge in [-0.15, -0.1) is 0 Å². The molecule has 3 unspecified atom stereocenters. The van der Waals surface area contributed by atoms with Crippen molar-refractivity contribution in [3.63, 3.8) is 0 Å². The first kappa shape index (κ1) is 8.52. The highest BCUT2D eigenvalue weighted by Gasteiger charge is 2.35. The summed E-state index contributed by atoms with van der Waals surface area (Å²) in [5.74, 6) is 0.914. The van der Waals surface area contributed by atoms with Crippen molar-refractivity contribution in [3.8, 4) is 0 Å². The van der Waals surface area contributed by atoms with Gasteiger partial charge in [-0.25, -0.2) is 0 Å². The Balaban J connectivity index is 2.09. The van der Waals surface area contributed by atoms with Gasteiger partial charge in [0.15, 0.2) is 0 Å². The zero-order chi connectivity index (χ0) is 8.55. The van der Waals surface area contributed by atoms with Gasteiger partial charge in [-0.2, -0.15) is 0 Å². The lowest BCUT2D eigenvalue weighted by molar-refractivity contribution is 0.210. The van der Waals surface area contributed by atoms with Crippen LogP contribution in [0.1, 0.15) is 26.2 Å². The lowest BCUT2D eigenvalue weighted by Crippen LogP contribution is -2.37. The van der Waals surface area contributed by atoms with Crippen LogP contribution in [-0.2, 0) is 0 Å². The van der Waals surface area contributed by atoms with Crippen LogP contribution < -0.4 is 5.32 Å². The van der Waals surface area contributed by atoms with Crippen molar-refractivity contribution in [2.45, 2.75) is 38.3 Å². The summed E-state index contributed by atoms with van der Waals surface area (Å²) in [4.78, 5) is 2.55. The highest BCUT2D eigenvalue weighted by Crippen LogP contribution is 2.32. The molecule has 3 atom stereocenters. The normalized spacial score (nSPS) is 44.0. The average Bonchev–Trinajstić information content (AvgIpc) is 2.47. The predicted octanol–water partition coefficient (Wildman–Crippen LogP) is 1.08. The van der Waals surface area contributed by atoms with Gasteiger partial charge in [0.25, 0.3) is 0 Å². The molecule has 0 aromatic carbocycles. The lowest BCUT2D eigenvalue weighted by Gasteiger charge is -2.28. The molecule has 2 rings (SSSR count). The predicted molar refractivity (Wildman–Crippen MR) is 51.2 cm³/mol. The Labute approximate surface area is 75.3 Å². The van der Waals surface area contributed by atoms with Crippen LogP contribution in [0.4, 0.5) is 0 Å². The quantitative estimate of drug-likeness (QED) is 0.582. The monoisotopic (exact) mass is 168 g/mol. The van der Waals surface area contributed by atoms with Crippen LogP contribution in [-0.4, -0.2) is 37.1 Å². The van der Waals surface area contributed by atoms with Gasteiger partial charge in [-0.05, 0) is 32.7 Å². The molecule has 0 aromatic heterocycles. The fourth-order valence-electron chi connectivity index (χ4n) is 2.89. The molecule has 0 aromatic rings. The molecule has 2 fully saturated rings. The topological polar surface area (TPSA) is 15.3 Å². The van der Waals surface area contributed by atoms with Crippen LogP contribution in [0.2, 0.25) is 0 Å². The summed E-state index contributed by atoms with van der Waals surface area (Å²) in [5.41, 5.74) is 0. The number of nitrogens with zero attached hydrogens (tertiary/aromatic N) is 1. The third-order valence-corrected chi connectivity index (χ3v) is 3.67. The van der Waals surface area contributed by atoms with Crippen molar-refractivity contribution in [3.05, 3.63) is 0 Å². The minimum absolute atomic E-state index is 0.738. The van der Waals surface area contributed by atoms with Gasteiger partial charge in [-0.1, -0.05) is 6.42 Å². The van der Waals surface area contributed by atoms with Crippen LogP contribution in [0, 0.1) is 5.92 Å². The molecule has 0 amide bonds. The molecular formula is C10H20N2. The van der Waals surface area contributed by atoms with Gasteiger partial charge in [-0.3, -0.25) is 0 Å². The molecule has 1 aliphatic heterocycles. The number of hydrogen-bond donors (Lipinski definition) is 1. The maximum atomic E-state index is 3.60. The second kappa shape index (κ2) is 3.35. The van der Waals surface area contributed by atoms with Gasteiger partial charge < -0.3 is 10.2 Å². The summed E-state index contributed by atoms with van der Waals surface area (Å²) in [6.45, 7) is 4.75. The molecule has 0 bridgehead atoms. The van der Waals surface area contributed by atoms with Gasteiger partial charge in [0.1, 0.15) is 0 Å². The van der Waals surface area contributed by atoms with Crippen molar-refractivity contribution in [1.82, 2.24) is 10.2 Å². The molecule has 1 heterocycles. The maximum absolute atomic E-state index is 3.60. The molecular weight excluding hydrogens is 148 g/mol. The lowest BCUT2D eigenvalue weighted by atomic mass is 9.95. The Morgan fingerprint density at radius 1 is 1.33 bits per heavy atom. The first-order valence-corrected chi connectivity index (χ1v) is 5.22. The van der Waals surface area contributed by atoms with E-state index in [9.17, 15) is 0 Å². The van der Waals surface area contributed by atoms with E-state index in [-0.39, 0.29) is 0 Å². The van der Waals surface area contributed by atoms with E-state index in [0.717, 1.165) is 18.0 Å². The van der Waals surface area contributed by atoms with Crippen LogP contribution in [0.25, 0.3) is 0 Å². The summed E-state index contributed by atoms with van der Waals surface area (Å²) >= 11 is 0. The van der Waals surface area contributed by atoms with Crippen molar-refractivity contribution >= 4 is 0 Å². The average molecular weight is 168 g/mol. The Morgan fingerprint density at radius 3 is 3.00 bits per heavy atom. The molecule has 2 heteroatoms. The second-order valence-electron chi connectivity index (χ2n) is 4.39. The van der Waals surface area contributed by atoms with E-state index < -0.39 is 0 Å². The van der Waals surface area contributed by atoms with E-state index in [4.69, 9.17) is 0 Å². The number of fused-ring (bicyclic) bond motifs is 1. The molecule has 0 radical (unpaired) electrons. The van der Waals surface area contributed by atoms with Crippen LogP contribution in [0.3, 0.4) is 0 Å². The Morgan fingerprint density at radius 2 is 2.17 bits per heavy atom. The first-order chi connectivity index (χ1) is 5.79. The largest absolute Gasteiger partial charge is 0.313 e. The van der Waals surface area contributed by atoms with Gasteiger partial charge in [0.05, 0.1) is 0 Å². The molecule has 12 heavy (non-hydrogen) atoms. The number of hydrogen-bond acceptors (Lipinski definition) is 2. The maximum Gasteiger partial charge on any atom is 0.0136 e. The van der Waals surface area contributed by atoms with Crippen molar-refractivity contribution in [2.75, 3.05) is 20.1 Å². The Kier molecular flexibility index (Phi) is 2.37. The Bertz CT molecular complexity index is 142. The standard InChI is InChI=1S/C10H20N2/c1-8-9-4-3-5-10(9)12(2)7-6-11-8/h8-11H,3-7H2,1-2H3. The number of nitrogens with one attached hydrogen (secondary N) is 1. The minimum Gasteiger partial charge on any atom is -0.313 e. The number of rotatable bonds is 0. The summed E-state index contributed by atoms with van der Waals surface area (Å²) in [6.07, 6.45) is 4.29. The molecule has 70 valence electrons. The second-order valence-corrected chi connectivity index (χ2v) is 4.39. The van der Waals surface area contributed by atoms with E-state index in [0.29, 0.717) is 0 Å². The third kappa shape index (κ3) is 1.38. The van der Waals surface area contributed by atoms with Crippen molar-refractivity contribution in [2.24, 2.45) is 5.92 Å². The van der Waals surface area contributed by atoms with Crippen LogP contribution in [0.15, 0.2) is 0 Å². The van der Waals surface area contributed by atoms with E-state index in [1.54, 1.807) is 0 Å². The van der Waals surface area contributed by atoms with Gasteiger partial charge >= 0.3 is 0 Å². The molecule has 1 N–H and O–H groups in total. The van der Waals surface area contributed by atoms with Crippen molar-refractivity contribution < 1.29 is 0 Å². The summed E-state index contributed by atoms with van der Waals surface area (Å²) in [6, 6.07) is 1.61. The van der Waals surface area contributed by atoms with Crippen LogP contribution in [0.5, 0.6) is 0 Å². The highest BCUT2D eigenvalue weighted by atomic mass is 15.2. The summed E-state index contributed by atoms with van der Waals surface area (Å²) in [7, 11) is 2.28. The van der Waals surface area contributed by atoms with E-state index in [2.05, 4.69) is 24.2 Å². The molecule has 2 aliphatic rings. The van der Waals surface area contributed by atoms with Gasteiger partial charge in [0, 0.05) is 25.2 Å². The zero-order valence-electron chi connectivity index (χ0n) is 8.21. The molecule has 1 saturated carbocycles. The van der Waals surface area contributed by atoms with E-state index in [1.807, 2.05) is 0 Å². The highest BCUT2D eigenvalue weighted by molar-refractivity contribution is 4.92. The molecule has 0 spiro atoms. The summed E-state index contributed by atoms with van der Waals surface area (Å²) in [5, 5.41) is 3.60. The zero-order valence-corrected chi connectivity index (χ0v) is 8.21. The molecule has 2 nitrogen and oxygen atoms in total. The smallest absolute Gasteiger partial charge is 0.0136 e. The fraction of sp³-hybridized carbons (Fsp3) is 1.00. The third-order valence-electron chi connectivity index (χ3n) is 3.67. The van der Waals surface area contributed by atoms with Crippen molar-refractivity contribution in [1.29, 1.82) is 0 Å².